The van der Waals surface area contributed by atoms with Crippen LogP contribution in [0.15, 0.2) is 0 Å². The zero-order valence-electron chi connectivity index (χ0n) is 32.1. The monoisotopic (exact) mass is 861 g/mol. The number of carbonyl (C=O) groups excluding carboxylic acids is 7. The van der Waals surface area contributed by atoms with Gasteiger partial charge in [-0.15, -0.1) is 0 Å². The molecule has 0 aromatic rings. The molecule has 56 heavy (non-hydrogen) atoms. The second-order valence-corrected chi connectivity index (χ2v) is 15.3. The molecule has 0 aliphatic carbocycles. The molecule has 0 amide bonds. The number of thiocarbonyl (C=S) groups is 1. The smallest absolute Gasteiger partial charge is 0.303 e. The van der Waals surface area contributed by atoms with E-state index in [0.29, 0.717) is 0 Å². The van der Waals surface area contributed by atoms with Crippen LogP contribution < -0.4 is 15.9 Å². The average molecular weight is 862 g/mol. The lowest BCUT2D eigenvalue weighted by molar-refractivity contribution is -0.345. The number of esters is 7. The van der Waals surface area contributed by atoms with Crippen LogP contribution in [0.2, 0.25) is 0 Å². The Morgan fingerprint density at radius 1 is 0.571 bits per heavy atom. The van der Waals surface area contributed by atoms with Gasteiger partial charge < -0.3 is 61.7 Å². The van der Waals surface area contributed by atoms with E-state index in [-0.39, 0.29) is 18.3 Å². The lowest BCUT2D eigenvalue weighted by Gasteiger charge is -2.49. The van der Waals surface area contributed by atoms with Crippen LogP contribution in [0, 0.1) is 0 Å². The molecule has 0 unspecified atom stereocenters. The number of carbonyl (C=O) groups is 7. The van der Waals surface area contributed by atoms with E-state index >= 15 is 0 Å². The fourth-order valence-corrected chi connectivity index (χ4v) is 7.50. The third-order valence-corrected chi connectivity index (χ3v) is 9.81. The van der Waals surface area contributed by atoms with E-state index in [1.54, 1.807) is 13.8 Å². The van der Waals surface area contributed by atoms with Crippen LogP contribution in [-0.4, -0.2) is 135 Å². The van der Waals surface area contributed by atoms with Gasteiger partial charge in [-0.1, -0.05) is 0 Å². The number of nitrogens with one attached hydrogen (secondary N) is 3. The Kier molecular flexibility index (Phi) is 19.9. The van der Waals surface area contributed by atoms with Gasteiger partial charge in [0.25, 0.3) is 6.64 Å². The van der Waals surface area contributed by atoms with E-state index in [1.807, 2.05) is 0 Å². The Bertz CT molecular complexity index is 1480. The van der Waals surface area contributed by atoms with Crippen LogP contribution in [0.4, 0.5) is 0 Å². The molecule has 2 aliphatic heterocycles. The van der Waals surface area contributed by atoms with Gasteiger partial charge >= 0.3 is 41.8 Å². The molecule has 2 fully saturated rings. The normalized spacial score (nSPS) is 27.4. The van der Waals surface area contributed by atoms with Gasteiger partial charge in [-0.05, 0) is 37.9 Å². The highest BCUT2D eigenvalue weighted by Gasteiger charge is 2.57. The van der Waals surface area contributed by atoms with Crippen molar-refractivity contribution in [2.75, 3.05) is 26.4 Å². The van der Waals surface area contributed by atoms with Gasteiger partial charge in [0.1, 0.15) is 31.5 Å². The Morgan fingerprint density at radius 3 is 1.43 bits per heavy atom. The second kappa shape index (κ2) is 23.0. The van der Waals surface area contributed by atoms with Crippen molar-refractivity contribution >= 4 is 77.6 Å². The highest BCUT2D eigenvalue weighted by Crippen LogP contribution is 2.43. The van der Waals surface area contributed by atoms with Gasteiger partial charge in [0.05, 0.1) is 13.2 Å². The molecule has 0 spiro atoms. The highest BCUT2D eigenvalue weighted by molar-refractivity contribution is 8.08. The summed E-state index contributed by atoms with van der Waals surface area (Å²) in [6.45, 7) is 6.92. The molecule has 2 aliphatic rings. The van der Waals surface area contributed by atoms with Crippen LogP contribution in [0.1, 0.15) is 62.3 Å². The van der Waals surface area contributed by atoms with Gasteiger partial charge in [0, 0.05) is 48.5 Å². The van der Waals surface area contributed by atoms with Crippen molar-refractivity contribution in [1.82, 2.24) is 15.9 Å². The molecule has 2 saturated heterocycles. The van der Waals surface area contributed by atoms with E-state index in [2.05, 4.69) is 15.9 Å². The zero-order chi connectivity index (χ0) is 42.3. The van der Waals surface area contributed by atoms with Crippen LogP contribution in [0.25, 0.3) is 0 Å². The number of hydrogen-bond donors (Lipinski definition) is 3. The molecule has 2 rings (SSSR count). The van der Waals surface area contributed by atoms with Crippen molar-refractivity contribution in [1.29, 1.82) is 0 Å². The first-order valence-corrected chi connectivity index (χ1v) is 20.1. The van der Waals surface area contributed by atoms with Crippen LogP contribution in [0.3, 0.4) is 0 Å². The molecular weight excluding hydrogens is 813 g/mol. The SMILES string of the molecule is CCOP(=S)(NNC(=S)N[C@@H]1O[C@H](COC(C)=O)[C@@H](O[C@H]2O[C@H](COC(C)=O)[C@@H](OC(C)=O)[C@H](OC(C)=O)[C@H]2OC(C)=O)[C@H](OC(C)=O)[C@H]1OC(C)=O)OCC. The maximum absolute atomic E-state index is 12.6. The second-order valence-electron chi connectivity index (χ2n) is 11.8. The largest absolute Gasteiger partial charge is 0.463 e. The summed E-state index contributed by atoms with van der Waals surface area (Å²) in [5, 5.41) is 5.28. The van der Waals surface area contributed by atoms with Crippen molar-refractivity contribution in [3.8, 4) is 0 Å². The molecule has 10 atom stereocenters. The minimum atomic E-state index is -3.08. The van der Waals surface area contributed by atoms with Crippen molar-refractivity contribution < 1.29 is 90.0 Å². The molecule has 0 saturated carbocycles. The van der Waals surface area contributed by atoms with E-state index < -0.39 is 123 Å². The molecule has 22 nitrogen and oxygen atoms in total. The average Bonchev–Trinajstić information content (AvgIpc) is 3.06. The van der Waals surface area contributed by atoms with Gasteiger partial charge in [-0.25, -0.2) is 0 Å². The van der Waals surface area contributed by atoms with Crippen LogP contribution in [-0.2, 0) is 102 Å². The fraction of sp³-hybridized carbons (Fsp3) is 0.742. The van der Waals surface area contributed by atoms with Crippen molar-refractivity contribution in [3.05, 3.63) is 0 Å². The molecule has 0 radical (unpaired) electrons. The van der Waals surface area contributed by atoms with Crippen LogP contribution >= 0.6 is 18.9 Å². The van der Waals surface area contributed by atoms with E-state index in [9.17, 15) is 33.6 Å². The van der Waals surface area contributed by atoms with E-state index in [4.69, 9.17) is 80.4 Å². The summed E-state index contributed by atoms with van der Waals surface area (Å²) in [6.07, 6.45) is -16.0. The lowest BCUT2D eigenvalue weighted by Crippen LogP contribution is -2.69. The lowest BCUT2D eigenvalue weighted by atomic mass is 9.95. The van der Waals surface area contributed by atoms with Gasteiger partial charge in [0.15, 0.2) is 48.2 Å². The zero-order valence-corrected chi connectivity index (χ0v) is 34.6. The van der Waals surface area contributed by atoms with Gasteiger partial charge in [0.2, 0.25) is 0 Å². The minimum absolute atomic E-state index is 0.201. The van der Waals surface area contributed by atoms with Crippen LogP contribution in [0.5, 0.6) is 0 Å². The first-order chi connectivity index (χ1) is 26.2. The Hall–Kier alpha value is -3.61. The number of hydrogen-bond acceptors (Lipinski definition) is 21. The number of ether oxygens (including phenoxy) is 10. The molecule has 318 valence electrons. The van der Waals surface area contributed by atoms with Crippen molar-refractivity contribution in [2.24, 2.45) is 0 Å². The Balaban J connectivity index is 2.70. The summed E-state index contributed by atoms with van der Waals surface area (Å²) < 4.78 is 67.6. The predicted octanol–water partition coefficient (Wildman–Crippen LogP) is -0.128. The Morgan fingerprint density at radius 2 is 0.982 bits per heavy atom. The summed E-state index contributed by atoms with van der Waals surface area (Å²) in [6, 6.07) is 0. The van der Waals surface area contributed by atoms with Gasteiger partial charge in [-0.2, -0.15) is 5.20 Å². The van der Waals surface area contributed by atoms with Crippen molar-refractivity contribution in [3.63, 3.8) is 0 Å². The molecule has 0 bridgehead atoms. The minimum Gasteiger partial charge on any atom is -0.463 e. The topological polar surface area (TPSA) is 266 Å². The first-order valence-electron chi connectivity index (χ1n) is 17.0. The standard InChI is InChI=1S/C31H48N3O19PS2/c1-10-44-54(56,45-11-2)34-33-31(55)32-29-27(49-19(8)40)25(47-17(6)38)24(21(51-29)12-42-14(3)35)53-30-28(50-20(9)41)26(48-18(7)39)23(46-16(5)37)22(52-30)13-43-15(4)36/h21-30H,10-13H2,1-9H3,(H,34,56)(H2,32,33,55)/t21-,22-,23-,24-,25+,26+,27-,28-,29-,30-/m1/s1. The summed E-state index contributed by atoms with van der Waals surface area (Å²) in [4.78, 5) is 86.0. The number of hydrazine groups is 1. The maximum atomic E-state index is 12.6. The predicted molar refractivity (Wildman–Crippen MR) is 193 cm³/mol. The first kappa shape index (κ1) is 48.5. The molecular formula is C31H48N3O19PS2. The number of rotatable bonds is 18. The summed E-state index contributed by atoms with van der Waals surface area (Å²) in [7, 11) is 0. The molecule has 2 heterocycles. The maximum Gasteiger partial charge on any atom is 0.303 e. The highest BCUT2D eigenvalue weighted by atomic mass is 32.5. The van der Waals surface area contributed by atoms with E-state index in [1.165, 1.54) is 0 Å². The summed E-state index contributed by atoms with van der Waals surface area (Å²) in [5.74, 6) is -6.05. The van der Waals surface area contributed by atoms with Crippen molar-refractivity contribution in [2.45, 2.75) is 124 Å². The molecule has 3 N–H and O–H groups in total. The Labute approximate surface area is 332 Å². The molecule has 0 aromatic carbocycles. The van der Waals surface area contributed by atoms with Gasteiger partial charge in [-0.3, -0.25) is 39.0 Å². The summed E-state index contributed by atoms with van der Waals surface area (Å²) in [5.41, 5.74) is 2.64. The third kappa shape index (κ3) is 15.7. The van der Waals surface area contributed by atoms with E-state index in [0.717, 1.165) is 48.5 Å². The molecule has 0 aromatic heterocycles. The molecule has 25 heteroatoms. The fourth-order valence-electron chi connectivity index (χ4n) is 5.35. The third-order valence-electron chi connectivity index (χ3n) is 7.11. The quantitative estimate of drug-likeness (QED) is 0.0533. The summed E-state index contributed by atoms with van der Waals surface area (Å²) >= 11 is 10.9.